The summed E-state index contributed by atoms with van der Waals surface area (Å²) in [6.45, 7) is 7.81. The van der Waals surface area contributed by atoms with Gasteiger partial charge in [0.15, 0.2) is 0 Å². The molecule has 0 spiro atoms. The molecule has 0 aromatic carbocycles. The predicted molar refractivity (Wildman–Crippen MR) is 77.4 cm³/mol. The molecule has 1 nitrogen and oxygen atoms in total. The summed E-state index contributed by atoms with van der Waals surface area (Å²) in [5.41, 5.74) is 4.28. The van der Waals surface area contributed by atoms with E-state index in [-0.39, 0.29) is 0 Å². The van der Waals surface area contributed by atoms with Crippen molar-refractivity contribution in [1.82, 2.24) is 0 Å². The van der Waals surface area contributed by atoms with Crippen LogP contribution in [0.1, 0.15) is 65.2 Å². The SMILES string of the molecule is CCC[C@@H]1C[C@@]2(C)C3=C(CCCC3)CC[N@+]2(C)C1. The number of hydrogen-bond acceptors (Lipinski definition) is 0. The number of fused-ring (bicyclic) bond motifs is 2. The molecule has 18 heavy (non-hydrogen) atoms. The molecular formula is C17H30N+. The third-order valence-corrected chi connectivity index (χ3v) is 6.38. The van der Waals surface area contributed by atoms with Crippen LogP contribution in [0, 0.1) is 5.92 Å². The van der Waals surface area contributed by atoms with Crippen LogP contribution in [-0.2, 0) is 0 Å². The Bertz CT molecular complexity index is 370. The Labute approximate surface area is 113 Å². The Morgan fingerprint density at radius 3 is 2.78 bits per heavy atom. The lowest BCUT2D eigenvalue weighted by Crippen LogP contribution is -2.60. The molecule has 102 valence electrons. The van der Waals surface area contributed by atoms with Crippen LogP contribution < -0.4 is 0 Å². The fourth-order valence-corrected chi connectivity index (χ4v) is 5.28. The summed E-state index contributed by atoms with van der Waals surface area (Å²) in [7, 11) is 2.55. The van der Waals surface area contributed by atoms with Gasteiger partial charge in [-0.25, -0.2) is 0 Å². The molecule has 0 N–H and O–H groups in total. The Kier molecular flexibility index (Phi) is 3.09. The summed E-state index contributed by atoms with van der Waals surface area (Å²) in [5.74, 6) is 0.985. The second-order valence-electron chi connectivity index (χ2n) is 7.47. The maximum atomic E-state index is 2.60. The van der Waals surface area contributed by atoms with E-state index in [1.165, 1.54) is 68.9 Å². The first-order valence-corrected chi connectivity index (χ1v) is 8.15. The molecule has 2 heterocycles. The number of hydrogen-bond donors (Lipinski definition) is 0. The van der Waals surface area contributed by atoms with Crippen molar-refractivity contribution in [1.29, 1.82) is 0 Å². The third kappa shape index (κ3) is 1.70. The third-order valence-electron chi connectivity index (χ3n) is 6.38. The molecule has 0 radical (unpaired) electrons. The van der Waals surface area contributed by atoms with E-state index in [1.807, 2.05) is 11.1 Å². The Morgan fingerprint density at radius 2 is 2.00 bits per heavy atom. The molecule has 0 unspecified atom stereocenters. The van der Waals surface area contributed by atoms with Crippen molar-refractivity contribution >= 4 is 0 Å². The van der Waals surface area contributed by atoms with E-state index in [0.29, 0.717) is 5.54 Å². The second-order valence-corrected chi connectivity index (χ2v) is 7.47. The first kappa shape index (κ1) is 12.7. The second kappa shape index (κ2) is 4.37. The first-order valence-electron chi connectivity index (χ1n) is 8.15. The molecule has 0 amide bonds. The highest BCUT2D eigenvalue weighted by atomic mass is 15.4. The summed E-state index contributed by atoms with van der Waals surface area (Å²) in [5, 5.41) is 0. The normalized spacial score (nSPS) is 43.8. The van der Waals surface area contributed by atoms with E-state index in [0.717, 1.165) is 5.92 Å². The minimum atomic E-state index is 0.508. The van der Waals surface area contributed by atoms with Crippen LogP contribution in [0.2, 0.25) is 0 Å². The smallest absolute Gasteiger partial charge is 0.118 e. The molecule has 1 saturated heterocycles. The van der Waals surface area contributed by atoms with Crippen molar-refractivity contribution in [2.24, 2.45) is 5.92 Å². The summed E-state index contributed by atoms with van der Waals surface area (Å²) >= 11 is 0. The van der Waals surface area contributed by atoms with Crippen LogP contribution in [-0.4, -0.2) is 30.2 Å². The lowest BCUT2D eigenvalue weighted by molar-refractivity contribution is -0.942. The van der Waals surface area contributed by atoms with Crippen LogP contribution in [0.25, 0.3) is 0 Å². The first-order chi connectivity index (χ1) is 8.59. The zero-order valence-electron chi connectivity index (χ0n) is 12.6. The molecule has 3 rings (SSSR count). The van der Waals surface area contributed by atoms with Gasteiger partial charge in [0.1, 0.15) is 5.54 Å². The van der Waals surface area contributed by atoms with Gasteiger partial charge >= 0.3 is 0 Å². The van der Waals surface area contributed by atoms with Gasteiger partial charge in [0.25, 0.3) is 0 Å². The van der Waals surface area contributed by atoms with Crippen molar-refractivity contribution in [3.63, 3.8) is 0 Å². The molecule has 1 aliphatic carbocycles. The molecule has 1 heteroatoms. The highest BCUT2D eigenvalue weighted by molar-refractivity contribution is 5.29. The fraction of sp³-hybridized carbons (Fsp3) is 0.882. The van der Waals surface area contributed by atoms with Gasteiger partial charge in [-0.3, -0.25) is 0 Å². The number of quaternary nitrogens is 1. The highest BCUT2D eigenvalue weighted by Gasteiger charge is 2.56. The van der Waals surface area contributed by atoms with E-state index >= 15 is 0 Å². The van der Waals surface area contributed by atoms with Crippen molar-refractivity contribution in [3.05, 3.63) is 11.1 Å². The quantitative estimate of drug-likeness (QED) is 0.505. The van der Waals surface area contributed by atoms with Crippen LogP contribution in [0.5, 0.6) is 0 Å². The van der Waals surface area contributed by atoms with E-state index in [9.17, 15) is 0 Å². The summed E-state index contributed by atoms with van der Waals surface area (Å²) in [6.07, 6.45) is 11.4. The van der Waals surface area contributed by atoms with Gasteiger partial charge in [0.05, 0.1) is 20.1 Å². The minimum absolute atomic E-state index is 0.508. The molecule has 0 aromatic heterocycles. The van der Waals surface area contributed by atoms with Crippen LogP contribution in [0.15, 0.2) is 11.1 Å². The van der Waals surface area contributed by atoms with Gasteiger partial charge in [-0.1, -0.05) is 18.9 Å². The van der Waals surface area contributed by atoms with Gasteiger partial charge in [-0.05, 0) is 44.6 Å². The highest BCUT2D eigenvalue weighted by Crippen LogP contribution is 2.52. The van der Waals surface area contributed by atoms with Gasteiger partial charge in [-0.2, -0.15) is 0 Å². The summed E-state index contributed by atoms with van der Waals surface area (Å²) in [6, 6.07) is 0. The molecule has 3 aliphatic rings. The van der Waals surface area contributed by atoms with Gasteiger partial charge in [-0.15, -0.1) is 0 Å². The average molecular weight is 248 g/mol. The average Bonchev–Trinajstić information content (AvgIpc) is 2.62. The van der Waals surface area contributed by atoms with E-state index in [4.69, 9.17) is 0 Å². The molecule has 0 saturated carbocycles. The zero-order chi connectivity index (χ0) is 12.8. The lowest BCUT2D eigenvalue weighted by atomic mass is 9.73. The topological polar surface area (TPSA) is 0 Å². The van der Waals surface area contributed by atoms with E-state index < -0.39 is 0 Å². The number of rotatable bonds is 2. The minimum Gasteiger partial charge on any atom is -0.317 e. The molecule has 0 aromatic rings. The largest absolute Gasteiger partial charge is 0.317 e. The molecule has 1 fully saturated rings. The predicted octanol–water partition coefficient (Wildman–Crippen LogP) is 4.29. The number of nitrogens with zero attached hydrogens (tertiary/aromatic N) is 1. The van der Waals surface area contributed by atoms with E-state index in [2.05, 4.69) is 20.9 Å². The van der Waals surface area contributed by atoms with Crippen LogP contribution in [0.4, 0.5) is 0 Å². The molecule has 3 atom stereocenters. The van der Waals surface area contributed by atoms with Gasteiger partial charge < -0.3 is 4.48 Å². The maximum Gasteiger partial charge on any atom is 0.118 e. The van der Waals surface area contributed by atoms with Crippen molar-refractivity contribution in [2.75, 3.05) is 20.1 Å². The Hall–Kier alpha value is -0.300. The van der Waals surface area contributed by atoms with Crippen molar-refractivity contribution in [3.8, 4) is 0 Å². The molecule has 2 aliphatic heterocycles. The monoisotopic (exact) mass is 248 g/mol. The molecular weight excluding hydrogens is 218 g/mol. The van der Waals surface area contributed by atoms with Crippen molar-refractivity contribution < 1.29 is 4.48 Å². The fourth-order valence-electron chi connectivity index (χ4n) is 5.28. The molecule has 0 bridgehead atoms. The van der Waals surface area contributed by atoms with E-state index in [1.54, 1.807) is 0 Å². The van der Waals surface area contributed by atoms with Crippen molar-refractivity contribution in [2.45, 2.75) is 70.8 Å². The Morgan fingerprint density at radius 1 is 1.22 bits per heavy atom. The zero-order valence-corrected chi connectivity index (χ0v) is 12.6. The van der Waals surface area contributed by atoms with Crippen LogP contribution >= 0.6 is 0 Å². The standard InChI is InChI=1S/C17H30N/c1-4-7-14-12-17(2)16-9-6-5-8-15(16)10-11-18(17,3)13-14/h14H,4-13H2,1-3H3/q+1/t14-,17+,18-/m1/s1. The maximum absolute atomic E-state index is 2.60. The summed E-state index contributed by atoms with van der Waals surface area (Å²) < 4.78 is 1.36. The van der Waals surface area contributed by atoms with Crippen LogP contribution in [0.3, 0.4) is 0 Å². The Balaban J connectivity index is 1.94. The van der Waals surface area contributed by atoms with Gasteiger partial charge in [0, 0.05) is 18.8 Å². The summed E-state index contributed by atoms with van der Waals surface area (Å²) in [4.78, 5) is 0. The van der Waals surface area contributed by atoms with Gasteiger partial charge in [0.2, 0.25) is 0 Å². The lowest BCUT2D eigenvalue weighted by Gasteiger charge is -2.51. The number of likely N-dealkylation sites (N-methyl/N-ethyl adjacent to an activating group) is 1.